The van der Waals surface area contributed by atoms with Crippen molar-refractivity contribution >= 4 is 18.0 Å². The van der Waals surface area contributed by atoms with E-state index >= 15 is 0 Å². The van der Waals surface area contributed by atoms with Crippen LogP contribution >= 0.6 is 11.8 Å². The molecule has 24 heavy (non-hydrogen) atoms. The third-order valence-corrected chi connectivity index (χ3v) is 4.02. The number of hydrogen-bond donors (Lipinski definition) is 0. The van der Waals surface area contributed by atoms with E-state index in [1.807, 2.05) is 56.5 Å². The lowest BCUT2D eigenvalue weighted by Gasteiger charge is -2.06. The van der Waals surface area contributed by atoms with Crippen molar-refractivity contribution < 1.29 is 9.15 Å². The number of benzene rings is 1. The predicted molar refractivity (Wildman–Crippen MR) is 93.8 cm³/mol. The number of hydrogen-bond acceptors (Lipinski definition) is 6. The minimum Gasteiger partial charge on any atom is -0.485 e. The molecule has 2 heterocycles. The van der Waals surface area contributed by atoms with Crippen LogP contribution in [0.2, 0.25) is 0 Å². The lowest BCUT2D eigenvalue weighted by molar-refractivity contribution is 0.268. The van der Waals surface area contributed by atoms with Crippen molar-refractivity contribution in [2.75, 3.05) is 6.26 Å². The highest BCUT2D eigenvalue weighted by Crippen LogP contribution is 2.18. The fourth-order valence-corrected chi connectivity index (χ4v) is 2.60. The summed E-state index contributed by atoms with van der Waals surface area (Å²) in [6, 6.07) is 11.6. The van der Waals surface area contributed by atoms with Gasteiger partial charge < -0.3 is 9.15 Å². The first-order valence-corrected chi connectivity index (χ1v) is 8.67. The van der Waals surface area contributed by atoms with Crippen LogP contribution in [0.4, 0.5) is 0 Å². The molecule has 0 spiro atoms. The van der Waals surface area contributed by atoms with Crippen molar-refractivity contribution in [3.05, 3.63) is 59.3 Å². The number of furan rings is 1. The predicted octanol–water partition coefficient (Wildman–Crippen LogP) is 3.67. The molecule has 0 unspecified atom stereocenters. The first kappa shape index (κ1) is 16.3. The number of aromatic nitrogens is 3. The van der Waals surface area contributed by atoms with E-state index in [9.17, 15) is 0 Å². The monoisotopic (exact) mass is 342 g/mol. The molecular formula is C17H18N4O2S. The standard InChI is InChI=1S/C17H18N4O2S/c1-12-6-4-5-7-16(12)22-11-15-9-8-14(23-15)10-18-21-13(2)19-20-17(21)24-3/h4-10H,11H2,1-3H3. The summed E-state index contributed by atoms with van der Waals surface area (Å²) >= 11 is 1.49. The molecule has 0 radical (unpaired) electrons. The van der Waals surface area contributed by atoms with E-state index in [2.05, 4.69) is 15.3 Å². The number of para-hydroxylation sites is 1. The Labute approximate surface area is 144 Å². The Kier molecular flexibility index (Phi) is 5.00. The highest BCUT2D eigenvalue weighted by atomic mass is 32.2. The molecular weight excluding hydrogens is 324 g/mol. The summed E-state index contributed by atoms with van der Waals surface area (Å²) in [6.45, 7) is 4.24. The van der Waals surface area contributed by atoms with E-state index in [1.54, 1.807) is 10.9 Å². The zero-order valence-corrected chi connectivity index (χ0v) is 14.6. The smallest absolute Gasteiger partial charge is 0.211 e. The van der Waals surface area contributed by atoms with Gasteiger partial charge in [-0.05, 0) is 43.9 Å². The van der Waals surface area contributed by atoms with Gasteiger partial charge in [0.15, 0.2) is 5.82 Å². The van der Waals surface area contributed by atoms with Gasteiger partial charge in [-0.2, -0.15) is 9.78 Å². The molecule has 0 aliphatic rings. The largest absolute Gasteiger partial charge is 0.485 e. The van der Waals surface area contributed by atoms with Crippen molar-refractivity contribution in [3.8, 4) is 5.75 Å². The van der Waals surface area contributed by atoms with E-state index in [0.717, 1.165) is 28.1 Å². The summed E-state index contributed by atoms with van der Waals surface area (Å²) in [6.07, 6.45) is 3.58. The maximum absolute atomic E-state index is 5.78. The number of rotatable bonds is 6. The maximum Gasteiger partial charge on any atom is 0.211 e. The van der Waals surface area contributed by atoms with E-state index in [4.69, 9.17) is 9.15 Å². The van der Waals surface area contributed by atoms with Crippen LogP contribution in [0, 0.1) is 13.8 Å². The van der Waals surface area contributed by atoms with Crippen LogP contribution in [-0.4, -0.2) is 27.3 Å². The van der Waals surface area contributed by atoms with Crippen molar-refractivity contribution in [2.24, 2.45) is 5.10 Å². The van der Waals surface area contributed by atoms with Gasteiger partial charge in [0.05, 0.1) is 6.21 Å². The molecule has 7 heteroatoms. The number of thioether (sulfide) groups is 1. The quantitative estimate of drug-likeness (QED) is 0.505. The zero-order valence-electron chi connectivity index (χ0n) is 13.8. The summed E-state index contributed by atoms with van der Waals surface area (Å²) < 4.78 is 13.2. The van der Waals surface area contributed by atoms with Crippen LogP contribution in [0.15, 0.2) is 51.1 Å². The Balaban J connectivity index is 1.66. The van der Waals surface area contributed by atoms with E-state index in [1.165, 1.54) is 11.8 Å². The van der Waals surface area contributed by atoms with Gasteiger partial charge in [0.1, 0.15) is 23.9 Å². The minimum atomic E-state index is 0.375. The van der Waals surface area contributed by atoms with Crippen LogP contribution in [-0.2, 0) is 6.61 Å². The number of ether oxygens (including phenoxy) is 1. The molecule has 0 fully saturated rings. The maximum atomic E-state index is 5.78. The average molecular weight is 342 g/mol. The van der Waals surface area contributed by atoms with Crippen LogP contribution in [0.5, 0.6) is 5.75 Å². The van der Waals surface area contributed by atoms with Crippen molar-refractivity contribution in [1.29, 1.82) is 0 Å². The van der Waals surface area contributed by atoms with Gasteiger partial charge in [-0.3, -0.25) is 0 Å². The normalized spacial score (nSPS) is 11.3. The SMILES string of the molecule is CSc1nnc(C)n1N=Cc1ccc(COc2ccccc2C)o1. The highest BCUT2D eigenvalue weighted by molar-refractivity contribution is 7.98. The molecule has 2 aromatic heterocycles. The molecule has 0 amide bonds. The molecule has 1 aromatic carbocycles. The number of aryl methyl sites for hydroxylation is 2. The summed E-state index contributed by atoms with van der Waals surface area (Å²) in [5.41, 5.74) is 1.10. The molecule has 0 aliphatic carbocycles. The average Bonchev–Trinajstić information content (AvgIpc) is 3.18. The van der Waals surface area contributed by atoms with Crippen molar-refractivity contribution in [3.63, 3.8) is 0 Å². The summed E-state index contributed by atoms with van der Waals surface area (Å²) in [7, 11) is 0. The van der Waals surface area contributed by atoms with Crippen LogP contribution < -0.4 is 4.74 Å². The number of nitrogens with zero attached hydrogens (tertiary/aromatic N) is 4. The molecule has 0 bridgehead atoms. The van der Waals surface area contributed by atoms with Gasteiger partial charge in [0, 0.05) is 0 Å². The zero-order chi connectivity index (χ0) is 16.9. The van der Waals surface area contributed by atoms with Gasteiger partial charge in [0.2, 0.25) is 5.16 Å². The Morgan fingerprint density at radius 1 is 1.21 bits per heavy atom. The molecule has 0 saturated carbocycles. The third kappa shape index (κ3) is 3.68. The molecule has 0 N–H and O–H groups in total. The second kappa shape index (κ2) is 7.35. The first-order valence-electron chi connectivity index (χ1n) is 7.45. The lowest BCUT2D eigenvalue weighted by atomic mass is 10.2. The Morgan fingerprint density at radius 2 is 2.04 bits per heavy atom. The molecule has 3 aromatic rings. The topological polar surface area (TPSA) is 65.4 Å². The van der Waals surface area contributed by atoms with Gasteiger partial charge in [-0.25, -0.2) is 0 Å². The van der Waals surface area contributed by atoms with E-state index < -0.39 is 0 Å². The minimum absolute atomic E-state index is 0.375. The summed E-state index contributed by atoms with van der Waals surface area (Å²) in [4.78, 5) is 0. The van der Waals surface area contributed by atoms with E-state index in [0.29, 0.717) is 12.4 Å². The van der Waals surface area contributed by atoms with Crippen LogP contribution in [0.3, 0.4) is 0 Å². The fraction of sp³-hybridized carbons (Fsp3) is 0.235. The van der Waals surface area contributed by atoms with E-state index in [-0.39, 0.29) is 0 Å². The summed E-state index contributed by atoms with van der Waals surface area (Å²) in [5, 5.41) is 13.1. The molecule has 124 valence electrons. The van der Waals surface area contributed by atoms with Crippen molar-refractivity contribution in [1.82, 2.24) is 14.9 Å². The van der Waals surface area contributed by atoms with Gasteiger partial charge >= 0.3 is 0 Å². The van der Waals surface area contributed by atoms with Gasteiger partial charge in [-0.1, -0.05) is 30.0 Å². The second-order valence-electron chi connectivity index (χ2n) is 5.15. The van der Waals surface area contributed by atoms with Crippen LogP contribution in [0.25, 0.3) is 0 Å². The van der Waals surface area contributed by atoms with Crippen molar-refractivity contribution in [2.45, 2.75) is 25.6 Å². The Bertz CT molecular complexity index is 854. The Morgan fingerprint density at radius 3 is 2.83 bits per heavy atom. The van der Waals surface area contributed by atoms with Crippen LogP contribution in [0.1, 0.15) is 22.9 Å². The fourth-order valence-electron chi connectivity index (χ4n) is 2.12. The highest BCUT2D eigenvalue weighted by Gasteiger charge is 2.07. The third-order valence-electron chi connectivity index (χ3n) is 3.40. The molecule has 3 rings (SSSR count). The first-order chi connectivity index (χ1) is 11.7. The van der Waals surface area contributed by atoms with Gasteiger partial charge in [0.25, 0.3) is 0 Å². The lowest BCUT2D eigenvalue weighted by Crippen LogP contribution is -1.96. The molecule has 0 aliphatic heterocycles. The molecule has 0 saturated heterocycles. The molecule has 0 atom stereocenters. The second-order valence-corrected chi connectivity index (χ2v) is 5.92. The molecule has 6 nitrogen and oxygen atoms in total. The summed E-state index contributed by atoms with van der Waals surface area (Å²) in [5.74, 6) is 2.97. The Hall–Kier alpha value is -2.54. The van der Waals surface area contributed by atoms with Gasteiger partial charge in [-0.15, -0.1) is 10.2 Å².